The van der Waals surface area contributed by atoms with E-state index in [1.54, 1.807) is 0 Å². The zero-order valence-electron chi connectivity index (χ0n) is 14.6. The average molecular weight is 276 g/mol. The molecular weight excluding hydrogens is 244 g/mol. The van der Waals surface area contributed by atoms with Crippen LogP contribution < -0.4 is 10.6 Å². The Morgan fingerprint density at radius 2 is 1.00 bits per heavy atom. The molecule has 20 heavy (non-hydrogen) atoms. The molecule has 0 aliphatic carbocycles. The lowest BCUT2D eigenvalue weighted by molar-refractivity contribution is 0.530. The second-order valence-corrected chi connectivity index (χ2v) is 7.50. The maximum absolute atomic E-state index is 3.49. The normalized spacial score (nSPS) is 12.4. The molecule has 0 unspecified atom stereocenters. The van der Waals surface area contributed by atoms with Gasteiger partial charge in [-0.3, -0.25) is 0 Å². The van der Waals surface area contributed by atoms with E-state index in [1.807, 2.05) is 0 Å². The Morgan fingerprint density at radius 1 is 0.700 bits per heavy atom. The fraction of sp³-hybridized carbons (Fsp3) is 0.667. The summed E-state index contributed by atoms with van der Waals surface area (Å²) in [5, 5.41) is 6.98. The van der Waals surface area contributed by atoms with Crippen LogP contribution >= 0.6 is 0 Å². The Hall–Kier alpha value is -1.18. The van der Waals surface area contributed by atoms with Gasteiger partial charge in [0.05, 0.1) is 11.4 Å². The van der Waals surface area contributed by atoms with Gasteiger partial charge in [0, 0.05) is 13.1 Å². The molecule has 2 N–H and O–H groups in total. The lowest BCUT2D eigenvalue weighted by atomic mass is 9.75. The second-order valence-electron chi connectivity index (χ2n) is 7.50. The summed E-state index contributed by atoms with van der Waals surface area (Å²) in [6, 6.07) is 4.67. The van der Waals surface area contributed by atoms with Crippen molar-refractivity contribution in [2.45, 2.75) is 66.2 Å². The fourth-order valence-electron chi connectivity index (χ4n) is 2.51. The van der Waals surface area contributed by atoms with Gasteiger partial charge in [0.15, 0.2) is 0 Å². The van der Waals surface area contributed by atoms with Gasteiger partial charge in [-0.1, -0.05) is 41.5 Å². The highest BCUT2D eigenvalue weighted by Crippen LogP contribution is 2.39. The minimum Gasteiger partial charge on any atom is -0.384 e. The lowest BCUT2D eigenvalue weighted by Gasteiger charge is -2.32. The molecule has 0 aliphatic heterocycles. The smallest absolute Gasteiger partial charge is 0.0579 e. The number of rotatable bonds is 4. The van der Waals surface area contributed by atoms with Crippen LogP contribution in [0.4, 0.5) is 11.4 Å². The van der Waals surface area contributed by atoms with Crippen molar-refractivity contribution in [1.29, 1.82) is 0 Å². The molecule has 2 heteroatoms. The quantitative estimate of drug-likeness (QED) is 0.795. The van der Waals surface area contributed by atoms with Crippen molar-refractivity contribution < 1.29 is 0 Å². The molecule has 0 fully saturated rings. The summed E-state index contributed by atoms with van der Waals surface area (Å²) < 4.78 is 0. The van der Waals surface area contributed by atoms with Gasteiger partial charge in [-0.2, -0.15) is 0 Å². The second kappa shape index (κ2) is 6.07. The zero-order valence-corrected chi connectivity index (χ0v) is 14.6. The first-order valence-electron chi connectivity index (χ1n) is 7.78. The summed E-state index contributed by atoms with van der Waals surface area (Å²) in [4.78, 5) is 0. The van der Waals surface area contributed by atoms with Gasteiger partial charge in [-0.25, -0.2) is 0 Å². The van der Waals surface area contributed by atoms with Crippen molar-refractivity contribution in [2.75, 3.05) is 23.7 Å². The monoisotopic (exact) mass is 276 g/mol. The number of benzene rings is 1. The maximum atomic E-state index is 3.49. The third kappa shape index (κ3) is 3.91. The first-order chi connectivity index (χ1) is 9.11. The molecule has 2 nitrogen and oxygen atoms in total. The van der Waals surface area contributed by atoms with Gasteiger partial charge in [-0.05, 0) is 47.9 Å². The highest BCUT2D eigenvalue weighted by atomic mass is 14.9. The van der Waals surface area contributed by atoms with Crippen molar-refractivity contribution in [3.05, 3.63) is 23.3 Å². The highest BCUT2D eigenvalue weighted by Gasteiger charge is 2.26. The Labute approximate surface area is 125 Å². The average Bonchev–Trinajstić information content (AvgIpc) is 2.28. The number of hydrogen-bond acceptors (Lipinski definition) is 2. The van der Waals surface area contributed by atoms with Crippen LogP contribution in [0.1, 0.15) is 66.5 Å². The van der Waals surface area contributed by atoms with Crippen LogP contribution in [0.5, 0.6) is 0 Å². The summed E-state index contributed by atoms with van der Waals surface area (Å²) in [5.74, 6) is 0. The molecule has 114 valence electrons. The third-order valence-corrected chi connectivity index (χ3v) is 3.51. The van der Waals surface area contributed by atoms with Gasteiger partial charge in [0.25, 0.3) is 0 Å². The molecule has 1 aromatic rings. The molecule has 0 saturated heterocycles. The minimum atomic E-state index is 0.150. The van der Waals surface area contributed by atoms with E-state index in [0.717, 1.165) is 13.1 Å². The highest BCUT2D eigenvalue weighted by molar-refractivity contribution is 5.72. The molecule has 0 radical (unpaired) electrons. The van der Waals surface area contributed by atoms with E-state index in [1.165, 1.54) is 22.5 Å². The molecule has 0 heterocycles. The first-order valence-corrected chi connectivity index (χ1v) is 7.78. The van der Waals surface area contributed by atoms with Crippen LogP contribution in [0, 0.1) is 0 Å². The summed E-state index contributed by atoms with van der Waals surface area (Å²) in [6.45, 7) is 19.9. The molecule has 0 atom stereocenters. The zero-order chi connectivity index (χ0) is 15.6. The Bertz CT molecular complexity index is 405. The molecule has 1 rings (SSSR count). The SMILES string of the molecule is CCNc1cc(C(C)(C)C)c(C(C)(C)C)cc1NCC. The molecule has 0 aliphatic rings. The predicted octanol–water partition coefficient (Wildman–Crippen LogP) is 5.15. The van der Waals surface area contributed by atoms with E-state index in [-0.39, 0.29) is 10.8 Å². The molecule has 0 bridgehead atoms. The van der Waals surface area contributed by atoms with E-state index in [4.69, 9.17) is 0 Å². The van der Waals surface area contributed by atoms with Crippen molar-refractivity contribution >= 4 is 11.4 Å². The number of nitrogens with one attached hydrogen (secondary N) is 2. The van der Waals surface area contributed by atoms with Crippen LogP contribution in [0.2, 0.25) is 0 Å². The van der Waals surface area contributed by atoms with Crippen molar-refractivity contribution in [2.24, 2.45) is 0 Å². The van der Waals surface area contributed by atoms with Gasteiger partial charge in [0.2, 0.25) is 0 Å². The standard InChI is InChI=1S/C18H32N2/c1-9-19-15-11-13(17(3,4)5)14(18(6,7)8)12-16(15)20-10-2/h11-12,19-20H,9-10H2,1-8H3. The fourth-order valence-corrected chi connectivity index (χ4v) is 2.51. The Balaban J connectivity index is 3.52. The Morgan fingerprint density at radius 3 is 1.20 bits per heavy atom. The lowest BCUT2D eigenvalue weighted by Crippen LogP contribution is -2.23. The van der Waals surface area contributed by atoms with Crippen molar-refractivity contribution in [3.63, 3.8) is 0 Å². The third-order valence-electron chi connectivity index (χ3n) is 3.51. The van der Waals surface area contributed by atoms with Gasteiger partial charge in [0.1, 0.15) is 0 Å². The van der Waals surface area contributed by atoms with Crippen molar-refractivity contribution in [1.82, 2.24) is 0 Å². The maximum Gasteiger partial charge on any atom is 0.0579 e. The molecular formula is C18H32N2. The van der Waals surface area contributed by atoms with Gasteiger partial charge < -0.3 is 10.6 Å². The number of anilines is 2. The van der Waals surface area contributed by atoms with Crippen LogP contribution in [0.15, 0.2) is 12.1 Å². The number of hydrogen-bond donors (Lipinski definition) is 2. The van der Waals surface area contributed by atoms with Gasteiger partial charge >= 0.3 is 0 Å². The molecule has 1 aromatic carbocycles. The van der Waals surface area contributed by atoms with Crippen LogP contribution in [-0.2, 0) is 10.8 Å². The van der Waals surface area contributed by atoms with E-state index in [9.17, 15) is 0 Å². The van der Waals surface area contributed by atoms with Crippen LogP contribution in [-0.4, -0.2) is 13.1 Å². The predicted molar refractivity (Wildman–Crippen MR) is 92.2 cm³/mol. The van der Waals surface area contributed by atoms with E-state index >= 15 is 0 Å². The first kappa shape index (κ1) is 16.9. The largest absolute Gasteiger partial charge is 0.384 e. The van der Waals surface area contributed by atoms with E-state index in [0.29, 0.717) is 0 Å². The molecule has 0 spiro atoms. The summed E-state index contributed by atoms with van der Waals surface area (Å²) in [7, 11) is 0. The van der Waals surface area contributed by atoms with E-state index < -0.39 is 0 Å². The van der Waals surface area contributed by atoms with Crippen LogP contribution in [0.25, 0.3) is 0 Å². The molecule has 0 saturated carbocycles. The van der Waals surface area contributed by atoms with E-state index in [2.05, 4.69) is 78.2 Å². The Kier molecular flexibility index (Phi) is 5.12. The summed E-state index contributed by atoms with van der Waals surface area (Å²) in [6.07, 6.45) is 0. The molecule has 0 amide bonds. The van der Waals surface area contributed by atoms with Crippen LogP contribution in [0.3, 0.4) is 0 Å². The van der Waals surface area contributed by atoms with Gasteiger partial charge in [-0.15, -0.1) is 0 Å². The summed E-state index contributed by atoms with van der Waals surface area (Å²) >= 11 is 0. The molecule has 0 aromatic heterocycles. The van der Waals surface area contributed by atoms with Crippen molar-refractivity contribution in [3.8, 4) is 0 Å². The summed E-state index contributed by atoms with van der Waals surface area (Å²) in [5.41, 5.74) is 5.60. The minimum absolute atomic E-state index is 0.150. The topological polar surface area (TPSA) is 24.1 Å².